The molecule has 1 aromatic rings. The van der Waals surface area contributed by atoms with E-state index in [1.54, 1.807) is 0 Å². The summed E-state index contributed by atoms with van der Waals surface area (Å²) in [6.07, 6.45) is 7.68. The average molecular weight is 222 g/mol. The molecule has 1 aliphatic heterocycles. The summed E-state index contributed by atoms with van der Waals surface area (Å²) in [5, 5.41) is 0. The maximum absolute atomic E-state index is 5.85. The van der Waals surface area contributed by atoms with Crippen LogP contribution in [0.1, 0.15) is 39.2 Å². The first-order valence-corrected chi connectivity index (χ1v) is 6.23. The first-order chi connectivity index (χ1) is 7.74. The molecule has 1 unspecified atom stereocenters. The maximum Gasteiger partial charge on any atom is 0.205 e. The zero-order valence-electron chi connectivity index (χ0n) is 10.3. The molecule has 0 bridgehead atoms. The Labute approximate surface area is 97.4 Å². The molecule has 2 N–H and O–H groups in total. The van der Waals surface area contributed by atoms with Gasteiger partial charge in [0.15, 0.2) is 0 Å². The third-order valence-corrected chi connectivity index (χ3v) is 3.36. The summed E-state index contributed by atoms with van der Waals surface area (Å²) >= 11 is 0. The van der Waals surface area contributed by atoms with Crippen LogP contribution in [0.3, 0.4) is 0 Å². The van der Waals surface area contributed by atoms with Crippen molar-refractivity contribution in [2.45, 2.75) is 45.2 Å². The Morgan fingerprint density at radius 3 is 3.00 bits per heavy atom. The molecule has 1 aromatic heterocycles. The van der Waals surface area contributed by atoms with Gasteiger partial charge in [0.25, 0.3) is 0 Å². The summed E-state index contributed by atoms with van der Waals surface area (Å²) in [6, 6.07) is 0.923. The highest BCUT2D eigenvalue weighted by Crippen LogP contribution is 2.24. The summed E-state index contributed by atoms with van der Waals surface area (Å²) in [5.74, 6) is 1.09. The molecule has 4 heteroatoms. The van der Waals surface area contributed by atoms with Crippen molar-refractivity contribution in [2.75, 3.05) is 18.0 Å². The fraction of sp³-hybridized carbons (Fsp3) is 0.750. The van der Waals surface area contributed by atoms with Gasteiger partial charge in [-0.15, -0.1) is 0 Å². The molecule has 2 heterocycles. The molecule has 1 atom stereocenters. The van der Waals surface area contributed by atoms with Crippen molar-refractivity contribution >= 4 is 5.95 Å². The van der Waals surface area contributed by atoms with Gasteiger partial charge in [-0.3, -0.25) is 0 Å². The second kappa shape index (κ2) is 4.87. The van der Waals surface area contributed by atoms with E-state index in [1.807, 2.05) is 6.20 Å². The van der Waals surface area contributed by atoms with Crippen LogP contribution in [-0.4, -0.2) is 28.7 Å². The number of hydrogen-bond donors (Lipinski definition) is 1. The molecule has 2 rings (SSSR count). The molecule has 0 aliphatic carbocycles. The van der Waals surface area contributed by atoms with E-state index >= 15 is 0 Å². The van der Waals surface area contributed by atoms with Gasteiger partial charge in [-0.2, -0.15) is 0 Å². The maximum atomic E-state index is 5.85. The van der Waals surface area contributed by atoms with Crippen molar-refractivity contribution in [3.8, 4) is 0 Å². The molecule has 90 valence electrons. The van der Waals surface area contributed by atoms with Gasteiger partial charge in [0.05, 0.1) is 0 Å². The average Bonchev–Trinajstić information content (AvgIpc) is 2.77. The fourth-order valence-electron chi connectivity index (χ4n) is 2.44. The van der Waals surface area contributed by atoms with Crippen LogP contribution in [0, 0.1) is 0 Å². The molecule has 1 aliphatic rings. The third kappa shape index (κ3) is 2.07. The predicted molar refractivity (Wildman–Crippen MR) is 66.7 cm³/mol. The minimum absolute atomic E-state index is 0.456. The summed E-state index contributed by atoms with van der Waals surface area (Å²) in [7, 11) is 0. The standard InChI is InChI=1S/C12H22N4/c1-10(2)15-8-6-14-12(15)16-7-4-3-5-11(16)9-13/h6,8,10-11H,3-5,7,9,13H2,1-2H3. The SMILES string of the molecule is CC(C)n1ccnc1N1CCCCC1CN. The van der Waals surface area contributed by atoms with Gasteiger partial charge < -0.3 is 15.2 Å². The van der Waals surface area contributed by atoms with Crippen LogP contribution in [0.15, 0.2) is 12.4 Å². The summed E-state index contributed by atoms with van der Waals surface area (Å²) < 4.78 is 2.23. The van der Waals surface area contributed by atoms with Crippen molar-refractivity contribution < 1.29 is 0 Å². The van der Waals surface area contributed by atoms with Crippen LogP contribution in [-0.2, 0) is 0 Å². The number of piperidine rings is 1. The van der Waals surface area contributed by atoms with Gasteiger partial charge in [0.2, 0.25) is 5.95 Å². The van der Waals surface area contributed by atoms with Crippen LogP contribution in [0.4, 0.5) is 5.95 Å². The van der Waals surface area contributed by atoms with Crippen LogP contribution in [0.2, 0.25) is 0 Å². The first-order valence-electron chi connectivity index (χ1n) is 6.23. The van der Waals surface area contributed by atoms with Gasteiger partial charge in [0, 0.05) is 37.6 Å². The second-order valence-corrected chi connectivity index (χ2v) is 4.81. The van der Waals surface area contributed by atoms with E-state index < -0.39 is 0 Å². The highest BCUT2D eigenvalue weighted by Gasteiger charge is 2.24. The van der Waals surface area contributed by atoms with Crippen molar-refractivity contribution in [3.05, 3.63) is 12.4 Å². The fourth-order valence-corrected chi connectivity index (χ4v) is 2.44. The lowest BCUT2D eigenvalue weighted by Crippen LogP contribution is -2.45. The largest absolute Gasteiger partial charge is 0.338 e. The zero-order valence-corrected chi connectivity index (χ0v) is 10.3. The Bertz CT molecular complexity index is 332. The molecular formula is C12H22N4. The van der Waals surface area contributed by atoms with Crippen LogP contribution < -0.4 is 10.6 Å². The molecule has 0 saturated carbocycles. The Balaban J connectivity index is 2.23. The molecule has 16 heavy (non-hydrogen) atoms. The molecular weight excluding hydrogens is 200 g/mol. The number of imidazole rings is 1. The highest BCUT2D eigenvalue weighted by molar-refractivity contribution is 5.34. The molecule has 1 saturated heterocycles. The highest BCUT2D eigenvalue weighted by atomic mass is 15.3. The van der Waals surface area contributed by atoms with Crippen molar-refractivity contribution in [1.29, 1.82) is 0 Å². The molecule has 0 aromatic carbocycles. The van der Waals surface area contributed by atoms with Gasteiger partial charge in [0.1, 0.15) is 0 Å². The van der Waals surface area contributed by atoms with E-state index in [-0.39, 0.29) is 0 Å². The molecule has 0 spiro atoms. The third-order valence-electron chi connectivity index (χ3n) is 3.36. The van der Waals surface area contributed by atoms with Crippen LogP contribution >= 0.6 is 0 Å². The Morgan fingerprint density at radius 1 is 1.50 bits per heavy atom. The predicted octanol–water partition coefficient (Wildman–Crippen LogP) is 1.78. The Kier molecular flexibility index (Phi) is 3.49. The minimum atomic E-state index is 0.456. The van der Waals surface area contributed by atoms with Gasteiger partial charge in [-0.25, -0.2) is 4.98 Å². The molecule has 1 fully saturated rings. The van der Waals surface area contributed by atoms with Gasteiger partial charge in [-0.05, 0) is 33.1 Å². The van der Waals surface area contributed by atoms with E-state index in [1.165, 1.54) is 19.3 Å². The number of rotatable bonds is 3. The van der Waals surface area contributed by atoms with Gasteiger partial charge in [-0.1, -0.05) is 0 Å². The Morgan fingerprint density at radius 2 is 2.31 bits per heavy atom. The number of hydrogen-bond acceptors (Lipinski definition) is 3. The lowest BCUT2D eigenvalue weighted by atomic mass is 10.0. The van der Waals surface area contributed by atoms with E-state index in [0.29, 0.717) is 12.1 Å². The van der Waals surface area contributed by atoms with Crippen molar-refractivity contribution in [3.63, 3.8) is 0 Å². The van der Waals surface area contributed by atoms with E-state index in [0.717, 1.165) is 19.0 Å². The number of anilines is 1. The van der Waals surface area contributed by atoms with E-state index in [2.05, 4.69) is 34.5 Å². The molecule has 0 amide bonds. The normalized spacial score (nSPS) is 21.8. The van der Waals surface area contributed by atoms with Gasteiger partial charge >= 0.3 is 0 Å². The number of nitrogens with zero attached hydrogens (tertiary/aromatic N) is 3. The lowest BCUT2D eigenvalue weighted by molar-refractivity contribution is 0.446. The summed E-state index contributed by atoms with van der Waals surface area (Å²) in [5.41, 5.74) is 5.85. The Hall–Kier alpha value is -1.03. The van der Waals surface area contributed by atoms with Crippen LogP contribution in [0.5, 0.6) is 0 Å². The number of nitrogens with two attached hydrogens (primary N) is 1. The molecule has 0 radical (unpaired) electrons. The second-order valence-electron chi connectivity index (χ2n) is 4.81. The zero-order chi connectivity index (χ0) is 11.5. The van der Waals surface area contributed by atoms with Crippen molar-refractivity contribution in [1.82, 2.24) is 9.55 Å². The monoisotopic (exact) mass is 222 g/mol. The summed E-state index contributed by atoms with van der Waals surface area (Å²) in [4.78, 5) is 6.87. The van der Waals surface area contributed by atoms with E-state index in [4.69, 9.17) is 5.73 Å². The topological polar surface area (TPSA) is 47.1 Å². The smallest absolute Gasteiger partial charge is 0.205 e. The number of aromatic nitrogens is 2. The molecule has 4 nitrogen and oxygen atoms in total. The quantitative estimate of drug-likeness (QED) is 0.848. The van der Waals surface area contributed by atoms with E-state index in [9.17, 15) is 0 Å². The summed E-state index contributed by atoms with van der Waals surface area (Å²) in [6.45, 7) is 6.19. The van der Waals surface area contributed by atoms with Crippen molar-refractivity contribution in [2.24, 2.45) is 5.73 Å². The lowest BCUT2D eigenvalue weighted by Gasteiger charge is -2.36. The van der Waals surface area contributed by atoms with Crippen LogP contribution in [0.25, 0.3) is 0 Å². The first kappa shape index (κ1) is 11.5. The minimum Gasteiger partial charge on any atom is -0.338 e.